The van der Waals surface area contributed by atoms with Gasteiger partial charge in [-0.2, -0.15) is 5.10 Å². The van der Waals surface area contributed by atoms with E-state index in [0.29, 0.717) is 12.5 Å². The lowest BCUT2D eigenvalue weighted by Gasteiger charge is -2.37. The minimum atomic E-state index is -0.637. The van der Waals surface area contributed by atoms with Gasteiger partial charge in [-0.3, -0.25) is 4.98 Å². The number of nitrogens with zero attached hydrogens (tertiary/aromatic N) is 4. The maximum absolute atomic E-state index is 14.3. The Balaban J connectivity index is 1.57. The maximum Gasteiger partial charge on any atom is 0.232 e. The lowest BCUT2D eigenvalue weighted by molar-refractivity contribution is 0.118. The summed E-state index contributed by atoms with van der Waals surface area (Å²) in [6, 6.07) is 5.62. The number of hydrogen-bond acceptors (Lipinski definition) is 5. The fourth-order valence-electron chi connectivity index (χ4n) is 5.17. The van der Waals surface area contributed by atoms with Crippen molar-refractivity contribution in [1.29, 1.82) is 0 Å². The van der Waals surface area contributed by atoms with E-state index in [1.165, 1.54) is 18.2 Å². The number of aromatic nitrogens is 4. The van der Waals surface area contributed by atoms with E-state index in [9.17, 15) is 8.78 Å². The highest BCUT2D eigenvalue weighted by Crippen LogP contribution is 2.67. The third kappa shape index (κ3) is 2.49. The van der Waals surface area contributed by atoms with E-state index >= 15 is 0 Å². The Morgan fingerprint density at radius 3 is 2.66 bits per heavy atom. The quantitative estimate of drug-likeness (QED) is 0.654. The molecular weight excluding hydrogens is 374 g/mol. The molecule has 0 N–H and O–H groups in total. The van der Waals surface area contributed by atoms with E-state index in [4.69, 9.17) is 4.74 Å². The Morgan fingerprint density at radius 1 is 1.14 bits per heavy atom. The second kappa shape index (κ2) is 6.27. The molecule has 1 saturated carbocycles. The number of hydrogen-bond donors (Lipinski definition) is 0. The molecule has 2 aromatic heterocycles. The zero-order chi connectivity index (χ0) is 20.2. The van der Waals surface area contributed by atoms with Gasteiger partial charge in [0.1, 0.15) is 18.2 Å². The highest BCUT2D eigenvalue weighted by molar-refractivity contribution is 5.63. The lowest BCUT2D eigenvalue weighted by Crippen LogP contribution is -2.41. The SMILES string of the molecule is CC1(C)[C@H]2CCC1(COc1cnccn1)c1nnc(-c3c(F)cccc3F)cc12. The number of rotatable bonds is 4. The van der Waals surface area contributed by atoms with Crippen LogP contribution in [-0.4, -0.2) is 26.8 Å². The van der Waals surface area contributed by atoms with Crippen molar-refractivity contribution < 1.29 is 13.5 Å². The van der Waals surface area contributed by atoms with E-state index in [1.807, 2.05) is 0 Å². The summed E-state index contributed by atoms with van der Waals surface area (Å²) in [5.41, 5.74) is 1.52. The molecule has 2 bridgehead atoms. The summed E-state index contributed by atoms with van der Waals surface area (Å²) in [7, 11) is 0. The molecule has 1 aromatic carbocycles. The van der Waals surface area contributed by atoms with Crippen molar-refractivity contribution in [3.63, 3.8) is 0 Å². The molecule has 5 rings (SSSR count). The van der Waals surface area contributed by atoms with Gasteiger partial charge in [-0.25, -0.2) is 13.8 Å². The smallest absolute Gasteiger partial charge is 0.232 e. The fourth-order valence-corrected chi connectivity index (χ4v) is 5.17. The number of halogens is 2. The molecule has 148 valence electrons. The second-order valence-electron chi connectivity index (χ2n) is 8.36. The average Bonchev–Trinajstić information content (AvgIpc) is 3.08. The Labute approximate surface area is 167 Å². The molecular formula is C22H20F2N4O. The van der Waals surface area contributed by atoms with E-state index in [-0.39, 0.29) is 28.0 Å². The molecule has 0 amide bonds. The average molecular weight is 394 g/mol. The molecule has 2 atom stereocenters. The Morgan fingerprint density at radius 2 is 1.93 bits per heavy atom. The normalized spacial score (nSPS) is 23.8. The van der Waals surface area contributed by atoms with Crippen molar-refractivity contribution in [1.82, 2.24) is 20.2 Å². The Kier molecular flexibility index (Phi) is 3.91. The molecule has 0 spiro atoms. The fraction of sp³-hybridized carbons (Fsp3) is 0.364. The van der Waals surface area contributed by atoms with Crippen LogP contribution in [0.25, 0.3) is 11.3 Å². The maximum atomic E-state index is 14.3. The van der Waals surface area contributed by atoms with Crippen LogP contribution in [0.5, 0.6) is 5.88 Å². The molecule has 5 nitrogen and oxygen atoms in total. The summed E-state index contributed by atoms with van der Waals surface area (Å²) >= 11 is 0. The van der Waals surface area contributed by atoms with Gasteiger partial charge >= 0.3 is 0 Å². The minimum Gasteiger partial charge on any atom is -0.476 e. The topological polar surface area (TPSA) is 60.8 Å². The number of fused-ring (bicyclic) bond motifs is 5. The van der Waals surface area contributed by atoms with Crippen molar-refractivity contribution in [3.05, 3.63) is 65.7 Å². The first-order chi connectivity index (χ1) is 13.9. The molecule has 1 unspecified atom stereocenters. The van der Waals surface area contributed by atoms with E-state index in [1.54, 1.807) is 24.7 Å². The molecule has 29 heavy (non-hydrogen) atoms. The molecule has 0 radical (unpaired) electrons. The van der Waals surface area contributed by atoms with Crippen LogP contribution in [0.1, 0.15) is 43.9 Å². The third-order valence-electron chi connectivity index (χ3n) is 6.84. The van der Waals surface area contributed by atoms with Crippen molar-refractivity contribution in [2.75, 3.05) is 6.61 Å². The predicted octanol–water partition coefficient (Wildman–Crippen LogP) is 4.45. The van der Waals surface area contributed by atoms with Gasteiger partial charge in [0.2, 0.25) is 5.88 Å². The zero-order valence-corrected chi connectivity index (χ0v) is 16.2. The van der Waals surface area contributed by atoms with Crippen molar-refractivity contribution in [3.8, 4) is 17.1 Å². The van der Waals surface area contributed by atoms with Crippen LogP contribution < -0.4 is 4.74 Å². The van der Waals surface area contributed by atoms with Gasteiger partial charge in [0.05, 0.1) is 28.6 Å². The van der Waals surface area contributed by atoms with Crippen LogP contribution >= 0.6 is 0 Å². The lowest BCUT2D eigenvalue weighted by atomic mass is 9.69. The Hall–Kier alpha value is -2.96. The summed E-state index contributed by atoms with van der Waals surface area (Å²) in [6.45, 7) is 4.82. The highest BCUT2D eigenvalue weighted by atomic mass is 19.1. The monoisotopic (exact) mass is 394 g/mol. The summed E-state index contributed by atoms with van der Waals surface area (Å²) < 4.78 is 34.5. The van der Waals surface area contributed by atoms with Crippen molar-refractivity contribution in [2.24, 2.45) is 5.41 Å². The molecule has 2 aliphatic rings. The molecule has 2 aliphatic carbocycles. The van der Waals surface area contributed by atoms with Gasteiger partial charge in [-0.15, -0.1) is 5.10 Å². The van der Waals surface area contributed by atoms with Gasteiger partial charge < -0.3 is 4.74 Å². The van der Waals surface area contributed by atoms with Crippen LogP contribution in [0, 0.1) is 17.0 Å². The standard InChI is InChI=1S/C22H20F2N4O/c1-21(2)14-6-7-22(21,12-29-18-11-25-8-9-26-18)20-13(14)10-17(27-28-20)19-15(23)4-3-5-16(19)24/h3-5,8-11,14H,6-7,12H2,1-2H3/t14-,22?/m0/s1. The largest absolute Gasteiger partial charge is 0.476 e. The van der Waals surface area contributed by atoms with Crippen molar-refractivity contribution in [2.45, 2.75) is 38.0 Å². The third-order valence-corrected chi connectivity index (χ3v) is 6.84. The van der Waals surface area contributed by atoms with E-state index in [2.05, 4.69) is 34.0 Å². The highest BCUT2D eigenvalue weighted by Gasteiger charge is 2.64. The molecule has 3 aromatic rings. The van der Waals surface area contributed by atoms with Gasteiger partial charge in [0.25, 0.3) is 0 Å². The van der Waals surface area contributed by atoms with Crippen molar-refractivity contribution >= 4 is 0 Å². The number of ether oxygens (including phenoxy) is 1. The molecule has 0 aliphatic heterocycles. The summed E-state index contributed by atoms with van der Waals surface area (Å²) in [5, 5.41) is 8.69. The van der Waals surface area contributed by atoms with Crippen LogP contribution in [0.3, 0.4) is 0 Å². The second-order valence-corrected chi connectivity index (χ2v) is 8.36. The van der Waals surface area contributed by atoms with Gasteiger partial charge in [-0.05, 0) is 47.9 Å². The first-order valence-electron chi connectivity index (χ1n) is 9.65. The van der Waals surface area contributed by atoms with E-state index < -0.39 is 11.6 Å². The van der Waals surface area contributed by atoms with Crippen LogP contribution in [0.2, 0.25) is 0 Å². The molecule has 1 fully saturated rings. The predicted molar refractivity (Wildman–Crippen MR) is 102 cm³/mol. The van der Waals surface area contributed by atoms with E-state index in [0.717, 1.165) is 24.1 Å². The molecule has 7 heteroatoms. The summed E-state index contributed by atoms with van der Waals surface area (Å²) in [6.07, 6.45) is 6.66. The van der Waals surface area contributed by atoms with Gasteiger partial charge in [0, 0.05) is 12.4 Å². The van der Waals surface area contributed by atoms with Gasteiger partial charge in [0.15, 0.2) is 0 Å². The first kappa shape index (κ1) is 18.1. The zero-order valence-electron chi connectivity index (χ0n) is 16.2. The Bertz CT molecular complexity index is 1070. The molecule has 0 saturated heterocycles. The minimum absolute atomic E-state index is 0.126. The summed E-state index contributed by atoms with van der Waals surface area (Å²) in [4.78, 5) is 8.24. The van der Waals surface area contributed by atoms with Crippen LogP contribution in [0.4, 0.5) is 8.78 Å². The first-order valence-corrected chi connectivity index (χ1v) is 9.65. The number of benzene rings is 1. The van der Waals surface area contributed by atoms with Crippen LogP contribution in [-0.2, 0) is 5.41 Å². The van der Waals surface area contributed by atoms with Crippen LogP contribution in [0.15, 0.2) is 42.9 Å². The van der Waals surface area contributed by atoms with Gasteiger partial charge in [-0.1, -0.05) is 19.9 Å². The molecule has 2 heterocycles. The summed E-state index contributed by atoms with van der Waals surface area (Å²) in [5.74, 6) is -0.579.